The van der Waals surface area contributed by atoms with E-state index in [1.165, 1.54) is 28.4 Å². The number of amides is 3. The number of carbonyl (C=O) groups is 3. The van der Waals surface area contributed by atoms with Gasteiger partial charge in [0.25, 0.3) is 17.7 Å². The van der Waals surface area contributed by atoms with Crippen molar-refractivity contribution < 1.29 is 14.4 Å². The molecule has 8 heteroatoms. The van der Waals surface area contributed by atoms with Crippen molar-refractivity contribution in [2.24, 2.45) is 5.92 Å². The van der Waals surface area contributed by atoms with Crippen molar-refractivity contribution in [2.75, 3.05) is 5.32 Å². The molecule has 0 saturated heterocycles. The normalized spacial score (nSPS) is 13.1. The fourth-order valence-corrected chi connectivity index (χ4v) is 4.19. The molecule has 0 atom stereocenters. The Morgan fingerprint density at radius 2 is 1.77 bits per heavy atom. The molecule has 1 N–H and O–H groups in total. The highest BCUT2D eigenvalue weighted by atomic mass is 32.1. The molecular formula is C22H20N4O3S. The molecule has 152 valence electrons. The molecule has 1 aliphatic heterocycles. The second-order valence-electron chi connectivity index (χ2n) is 7.50. The lowest BCUT2D eigenvalue weighted by atomic mass is 10.1. The topological polar surface area (TPSA) is 92.3 Å². The van der Waals surface area contributed by atoms with E-state index in [-0.39, 0.29) is 23.6 Å². The zero-order chi connectivity index (χ0) is 21.3. The zero-order valence-electron chi connectivity index (χ0n) is 16.6. The number of hydrogen-bond donors (Lipinski definition) is 1. The third-order valence-electron chi connectivity index (χ3n) is 4.69. The number of nitrogens with zero attached hydrogens (tertiary/aromatic N) is 3. The Labute approximate surface area is 177 Å². The highest BCUT2D eigenvalue weighted by molar-refractivity contribution is 7.15. The third-order valence-corrected chi connectivity index (χ3v) is 5.55. The van der Waals surface area contributed by atoms with Crippen LogP contribution in [0.1, 0.15) is 55.5 Å². The number of carbonyl (C=O) groups excluding carboxylic acids is 3. The van der Waals surface area contributed by atoms with Crippen LogP contribution in [0.3, 0.4) is 0 Å². The largest absolute Gasteiger partial charge is 0.296 e. The predicted molar refractivity (Wildman–Crippen MR) is 113 cm³/mol. The van der Waals surface area contributed by atoms with E-state index in [2.05, 4.69) is 29.4 Å². The molecule has 30 heavy (non-hydrogen) atoms. The molecule has 2 heterocycles. The van der Waals surface area contributed by atoms with Crippen LogP contribution < -0.4 is 5.32 Å². The predicted octanol–water partition coefficient (Wildman–Crippen LogP) is 3.79. The molecule has 2 aromatic carbocycles. The van der Waals surface area contributed by atoms with Crippen LogP contribution in [-0.2, 0) is 13.0 Å². The fraction of sp³-hybridized carbons (Fsp3) is 0.227. The monoisotopic (exact) mass is 420 g/mol. The number of anilines is 1. The average molecular weight is 420 g/mol. The first-order valence-electron chi connectivity index (χ1n) is 9.60. The number of imide groups is 1. The highest BCUT2D eigenvalue weighted by Crippen LogP contribution is 2.26. The molecule has 0 unspecified atom stereocenters. The van der Waals surface area contributed by atoms with Gasteiger partial charge in [-0.15, -0.1) is 10.2 Å². The van der Waals surface area contributed by atoms with Gasteiger partial charge in [0.2, 0.25) is 5.13 Å². The Balaban J connectivity index is 1.51. The Bertz CT molecular complexity index is 1120. The van der Waals surface area contributed by atoms with Crippen LogP contribution in [0.15, 0.2) is 48.5 Å². The Morgan fingerprint density at radius 1 is 1.03 bits per heavy atom. The van der Waals surface area contributed by atoms with E-state index >= 15 is 0 Å². The van der Waals surface area contributed by atoms with Gasteiger partial charge < -0.3 is 0 Å². The van der Waals surface area contributed by atoms with Gasteiger partial charge in [-0.1, -0.05) is 55.5 Å². The van der Waals surface area contributed by atoms with Crippen LogP contribution in [-0.4, -0.2) is 32.8 Å². The fourth-order valence-electron chi connectivity index (χ4n) is 3.25. The number of benzene rings is 2. The van der Waals surface area contributed by atoms with E-state index in [9.17, 15) is 14.4 Å². The van der Waals surface area contributed by atoms with Crippen molar-refractivity contribution in [1.82, 2.24) is 15.1 Å². The summed E-state index contributed by atoms with van der Waals surface area (Å²) in [5, 5.41) is 12.1. The summed E-state index contributed by atoms with van der Waals surface area (Å²) in [4.78, 5) is 39.3. The molecule has 0 spiro atoms. The minimum atomic E-state index is -0.399. The van der Waals surface area contributed by atoms with E-state index in [0.29, 0.717) is 16.6 Å². The SMILES string of the molecule is CC(C)Cc1nnc(NC(=O)c2ccc3c(c2)C(=O)N(Cc2ccccc2)C3=O)s1. The minimum Gasteiger partial charge on any atom is -0.296 e. The van der Waals surface area contributed by atoms with E-state index in [4.69, 9.17) is 0 Å². The van der Waals surface area contributed by atoms with Crippen molar-refractivity contribution in [3.63, 3.8) is 0 Å². The van der Waals surface area contributed by atoms with Crippen LogP contribution in [0.2, 0.25) is 0 Å². The van der Waals surface area contributed by atoms with E-state index < -0.39 is 11.8 Å². The van der Waals surface area contributed by atoms with Crippen LogP contribution in [0.4, 0.5) is 5.13 Å². The molecule has 0 fully saturated rings. The van der Waals surface area contributed by atoms with Gasteiger partial charge in [0.15, 0.2) is 0 Å². The lowest BCUT2D eigenvalue weighted by Gasteiger charge is -2.13. The van der Waals surface area contributed by atoms with Gasteiger partial charge in [-0.05, 0) is 29.7 Å². The van der Waals surface area contributed by atoms with Gasteiger partial charge in [0, 0.05) is 12.0 Å². The molecular weight excluding hydrogens is 400 g/mol. The maximum Gasteiger partial charge on any atom is 0.261 e. The van der Waals surface area contributed by atoms with Gasteiger partial charge in [0.05, 0.1) is 17.7 Å². The van der Waals surface area contributed by atoms with Gasteiger partial charge >= 0.3 is 0 Å². The number of hydrogen-bond acceptors (Lipinski definition) is 6. The van der Waals surface area contributed by atoms with Crippen LogP contribution in [0, 0.1) is 5.92 Å². The van der Waals surface area contributed by atoms with E-state index in [0.717, 1.165) is 17.0 Å². The molecule has 0 radical (unpaired) electrons. The Hall–Kier alpha value is -3.39. The van der Waals surface area contributed by atoms with E-state index in [1.54, 1.807) is 6.07 Å². The summed E-state index contributed by atoms with van der Waals surface area (Å²) in [6, 6.07) is 13.8. The summed E-state index contributed by atoms with van der Waals surface area (Å²) in [5.74, 6) is -0.704. The summed E-state index contributed by atoms with van der Waals surface area (Å²) in [6.07, 6.45) is 0.792. The van der Waals surface area contributed by atoms with Gasteiger partial charge in [-0.25, -0.2) is 0 Å². The number of nitrogens with one attached hydrogen (secondary N) is 1. The standard InChI is InChI=1S/C22H20N4O3S/c1-13(2)10-18-24-25-22(30-18)23-19(27)15-8-9-16-17(11-15)21(29)26(20(16)28)12-14-6-4-3-5-7-14/h3-9,11,13H,10,12H2,1-2H3,(H,23,25,27). The van der Waals surface area contributed by atoms with Gasteiger partial charge in [-0.3, -0.25) is 24.6 Å². The van der Waals surface area contributed by atoms with E-state index in [1.807, 2.05) is 30.3 Å². The number of fused-ring (bicyclic) bond motifs is 1. The van der Waals surface area contributed by atoms with Crippen LogP contribution in [0.25, 0.3) is 0 Å². The first-order chi connectivity index (χ1) is 14.4. The molecule has 3 aromatic rings. The molecule has 7 nitrogen and oxygen atoms in total. The smallest absolute Gasteiger partial charge is 0.261 e. The molecule has 0 saturated carbocycles. The summed E-state index contributed by atoms with van der Waals surface area (Å²) >= 11 is 1.33. The zero-order valence-corrected chi connectivity index (χ0v) is 17.4. The van der Waals surface area contributed by atoms with Crippen molar-refractivity contribution in [3.8, 4) is 0 Å². The first-order valence-corrected chi connectivity index (χ1v) is 10.4. The maximum atomic E-state index is 12.8. The third kappa shape index (κ3) is 3.99. The quantitative estimate of drug-likeness (QED) is 0.613. The van der Waals surface area contributed by atoms with Crippen molar-refractivity contribution in [1.29, 1.82) is 0 Å². The maximum absolute atomic E-state index is 12.8. The highest BCUT2D eigenvalue weighted by Gasteiger charge is 2.36. The summed E-state index contributed by atoms with van der Waals surface area (Å²) < 4.78 is 0. The average Bonchev–Trinajstić information content (AvgIpc) is 3.25. The lowest BCUT2D eigenvalue weighted by molar-refractivity contribution is 0.0642. The van der Waals surface area contributed by atoms with Crippen LogP contribution in [0.5, 0.6) is 0 Å². The minimum absolute atomic E-state index is 0.193. The first kappa shape index (κ1) is 19.9. The summed E-state index contributed by atoms with van der Waals surface area (Å²) in [6.45, 7) is 4.37. The van der Waals surface area contributed by atoms with Gasteiger partial charge in [-0.2, -0.15) is 0 Å². The molecule has 0 aliphatic carbocycles. The summed E-state index contributed by atoms with van der Waals surface area (Å²) in [5.41, 5.74) is 1.69. The summed E-state index contributed by atoms with van der Waals surface area (Å²) in [7, 11) is 0. The van der Waals surface area contributed by atoms with Crippen molar-refractivity contribution >= 4 is 34.2 Å². The Kier molecular flexibility index (Phi) is 5.41. The molecule has 0 bridgehead atoms. The molecule has 1 aliphatic rings. The number of aromatic nitrogens is 2. The molecule has 1 aromatic heterocycles. The molecule has 4 rings (SSSR count). The lowest BCUT2D eigenvalue weighted by Crippen LogP contribution is -2.29. The van der Waals surface area contributed by atoms with Crippen molar-refractivity contribution in [3.05, 3.63) is 75.8 Å². The molecule has 3 amide bonds. The van der Waals surface area contributed by atoms with Crippen molar-refractivity contribution in [2.45, 2.75) is 26.8 Å². The Morgan fingerprint density at radius 3 is 2.50 bits per heavy atom. The second-order valence-corrected chi connectivity index (χ2v) is 8.56. The number of rotatable bonds is 6. The second kappa shape index (κ2) is 8.16. The van der Waals surface area contributed by atoms with Crippen LogP contribution >= 0.6 is 11.3 Å². The van der Waals surface area contributed by atoms with Gasteiger partial charge in [0.1, 0.15) is 5.01 Å².